The van der Waals surface area contributed by atoms with Crippen LogP contribution in [-0.4, -0.2) is 40.1 Å². The normalized spacial score (nSPS) is 11.2. The number of benzene rings is 2. The van der Waals surface area contributed by atoms with Gasteiger partial charge in [0.15, 0.2) is 0 Å². The van der Waals surface area contributed by atoms with Crippen molar-refractivity contribution in [1.82, 2.24) is 14.7 Å². The first kappa shape index (κ1) is 23.5. The van der Waals surface area contributed by atoms with Crippen LogP contribution in [0.15, 0.2) is 71.4 Å². The molecule has 35 heavy (non-hydrogen) atoms. The van der Waals surface area contributed by atoms with Gasteiger partial charge < -0.3 is 23.9 Å². The zero-order chi connectivity index (χ0) is 25.0. The van der Waals surface area contributed by atoms with Crippen molar-refractivity contribution in [1.29, 1.82) is 0 Å². The number of carbonyl (C=O) groups is 2. The fraction of sp³-hybridized carbons (Fsp3) is 0.130. The van der Waals surface area contributed by atoms with Crippen molar-refractivity contribution in [3.8, 4) is 28.7 Å². The summed E-state index contributed by atoms with van der Waals surface area (Å²) >= 11 is 0. The van der Waals surface area contributed by atoms with Gasteiger partial charge in [0.1, 0.15) is 18.0 Å². The topological polar surface area (TPSA) is 108 Å². The molecule has 2 aromatic carbocycles. The number of nitrogens with zero attached hydrogens (tertiary/aromatic N) is 3. The number of hydrogen-bond acceptors (Lipinski definition) is 7. The average Bonchev–Trinajstić information content (AvgIpc) is 3.48. The van der Waals surface area contributed by atoms with E-state index >= 15 is 0 Å². The van der Waals surface area contributed by atoms with Gasteiger partial charge in [-0.25, -0.2) is 4.79 Å². The molecule has 0 atom stereocenters. The van der Waals surface area contributed by atoms with Gasteiger partial charge in [0.2, 0.25) is 11.7 Å². The summed E-state index contributed by atoms with van der Waals surface area (Å²) < 4.78 is 52.4. The Hall–Kier alpha value is -4.61. The van der Waals surface area contributed by atoms with Gasteiger partial charge in [-0.05, 0) is 48.5 Å². The number of aromatic nitrogens is 3. The highest BCUT2D eigenvalue weighted by atomic mass is 19.4. The SMILES string of the molecule is COC(=O)c1ccccc1NC(=O)Cn1cccc1-c1nc(-c2ccc(OC(F)(F)F)cc2)no1. The van der Waals surface area contributed by atoms with Crippen molar-refractivity contribution in [2.75, 3.05) is 12.4 Å². The van der Waals surface area contributed by atoms with Crippen LogP contribution < -0.4 is 10.1 Å². The van der Waals surface area contributed by atoms with Gasteiger partial charge >= 0.3 is 12.3 Å². The largest absolute Gasteiger partial charge is 0.573 e. The van der Waals surface area contributed by atoms with Crippen LogP contribution in [0.3, 0.4) is 0 Å². The van der Waals surface area contributed by atoms with Gasteiger partial charge in [-0.3, -0.25) is 4.79 Å². The van der Waals surface area contributed by atoms with E-state index in [1.54, 1.807) is 41.1 Å². The zero-order valence-corrected chi connectivity index (χ0v) is 18.1. The Bertz CT molecular complexity index is 1350. The van der Waals surface area contributed by atoms with Crippen molar-refractivity contribution in [3.63, 3.8) is 0 Å². The first-order valence-corrected chi connectivity index (χ1v) is 10.1. The maximum absolute atomic E-state index is 12.6. The number of amides is 1. The molecule has 0 unspecified atom stereocenters. The van der Waals surface area contributed by atoms with Crippen molar-refractivity contribution in [2.45, 2.75) is 12.9 Å². The zero-order valence-electron chi connectivity index (χ0n) is 18.1. The summed E-state index contributed by atoms with van der Waals surface area (Å²) in [7, 11) is 1.25. The minimum absolute atomic E-state index is 0.100. The molecule has 2 heterocycles. The molecule has 0 saturated heterocycles. The number of methoxy groups -OCH3 is 1. The van der Waals surface area contributed by atoms with Gasteiger partial charge in [0.25, 0.3) is 5.89 Å². The Morgan fingerprint density at radius 1 is 1.06 bits per heavy atom. The number of halogens is 3. The number of para-hydroxylation sites is 1. The number of hydrogen-bond donors (Lipinski definition) is 1. The average molecular weight is 486 g/mol. The number of ether oxygens (including phenoxy) is 2. The second kappa shape index (κ2) is 9.71. The first-order chi connectivity index (χ1) is 16.7. The molecule has 0 bridgehead atoms. The van der Waals surface area contributed by atoms with E-state index in [-0.39, 0.29) is 29.6 Å². The number of anilines is 1. The highest BCUT2D eigenvalue weighted by Gasteiger charge is 2.31. The maximum Gasteiger partial charge on any atom is 0.573 e. The summed E-state index contributed by atoms with van der Waals surface area (Å²) in [5, 5.41) is 6.54. The van der Waals surface area contributed by atoms with Crippen LogP contribution in [0, 0.1) is 0 Å². The van der Waals surface area contributed by atoms with E-state index in [9.17, 15) is 22.8 Å². The quantitative estimate of drug-likeness (QED) is 0.383. The van der Waals surface area contributed by atoms with Crippen LogP contribution in [0.1, 0.15) is 10.4 Å². The van der Waals surface area contributed by atoms with Crippen molar-refractivity contribution < 1.29 is 36.8 Å². The van der Waals surface area contributed by atoms with Crippen LogP contribution in [0.25, 0.3) is 23.0 Å². The summed E-state index contributed by atoms with van der Waals surface area (Å²) in [4.78, 5) is 28.8. The van der Waals surface area contributed by atoms with Crippen LogP contribution in [0.5, 0.6) is 5.75 Å². The molecule has 180 valence electrons. The summed E-state index contributed by atoms with van der Waals surface area (Å²) in [6, 6.07) is 14.8. The van der Waals surface area contributed by atoms with E-state index in [2.05, 4.69) is 20.2 Å². The molecule has 4 rings (SSSR count). The van der Waals surface area contributed by atoms with Crippen molar-refractivity contribution in [2.24, 2.45) is 0 Å². The van der Waals surface area contributed by atoms with E-state index in [1.807, 2.05) is 0 Å². The van der Waals surface area contributed by atoms with Gasteiger partial charge in [0, 0.05) is 11.8 Å². The van der Waals surface area contributed by atoms with E-state index in [4.69, 9.17) is 9.26 Å². The fourth-order valence-corrected chi connectivity index (χ4v) is 3.22. The smallest absolute Gasteiger partial charge is 0.465 e. The van der Waals surface area contributed by atoms with E-state index in [1.165, 1.54) is 25.3 Å². The van der Waals surface area contributed by atoms with Crippen LogP contribution >= 0.6 is 0 Å². The second-order valence-corrected chi connectivity index (χ2v) is 7.10. The Morgan fingerprint density at radius 2 is 1.80 bits per heavy atom. The van der Waals surface area contributed by atoms with Crippen LogP contribution in [0.4, 0.5) is 18.9 Å². The molecule has 0 aliphatic carbocycles. The third kappa shape index (κ3) is 5.66. The Kier molecular flexibility index (Phi) is 6.53. The number of alkyl halides is 3. The molecular weight excluding hydrogens is 469 g/mol. The molecule has 1 amide bonds. The predicted octanol–water partition coefficient (Wildman–Crippen LogP) is 4.53. The number of rotatable bonds is 7. The standard InChI is InChI=1S/C23H17F3N4O5/c1-33-22(32)16-5-2-3-6-17(16)27-19(31)13-30-12-4-7-18(30)21-28-20(29-35-21)14-8-10-15(11-9-14)34-23(24,25)26/h2-12H,13H2,1H3,(H,27,31). The molecule has 0 aliphatic heterocycles. The molecule has 1 N–H and O–H groups in total. The molecular formula is C23H17F3N4O5. The molecule has 4 aromatic rings. The first-order valence-electron chi connectivity index (χ1n) is 10.1. The molecule has 12 heteroatoms. The molecule has 0 aliphatic rings. The molecule has 2 aromatic heterocycles. The lowest BCUT2D eigenvalue weighted by Gasteiger charge is -2.11. The van der Waals surface area contributed by atoms with Crippen molar-refractivity contribution >= 4 is 17.6 Å². The second-order valence-electron chi connectivity index (χ2n) is 7.10. The summed E-state index contributed by atoms with van der Waals surface area (Å²) in [6.45, 7) is -0.126. The summed E-state index contributed by atoms with van der Waals surface area (Å²) in [5.74, 6) is -1.14. The van der Waals surface area contributed by atoms with Crippen LogP contribution in [-0.2, 0) is 16.1 Å². The number of esters is 1. The molecule has 9 nitrogen and oxygen atoms in total. The monoisotopic (exact) mass is 486 g/mol. The fourth-order valence-electron chi connectivity index (χ4n) is 3.22. The number of carbonyl (C=O) groups excluding carboxylic acids is 2. The summed E-state index contributed by atoms with van der Waals surface area (Å²) in [6.07, 6.45) is -3.16. The Labute approximate surface area is 196 Å². The van der Waals surface area contributed by atoms with Gasteiger partial charge in [-0.1, -0.05) is 17.3 Å². The summed E-state index contributed by atoms with van der Waals surface area (Å²) in [5.41, 5.74) is 1.36. The lowest BCUT2D eigenvalue weighted by Crippen LogP contribution is -2.20. The molecule has 0 saturated carbocycles. The highest BCUT2D eigenvalue weighted by Crippen LogP contribution is 2.27. The lowest BCUT2D eigenvalue weighted by molar-refractivity contribution is -0.274. The predicted molar refractivity (Wildman–Crippen MR) is 116 cm³/mol. The third-order valence-corrected chi connectivity index (χ3v) is 4.74. The highest BCUT2D eigenvalue weighted by molar-refractivity contribution is 6.01. The Morgan fingerprint density at radius 3 is 2.51 bits per heavy atom. The Balaban J connectivity index is 1.48. The van der Waals surface area contributed by atoms with E-state index in [0.29, 0.717) is 16.9 Å². The minimum Gasteiger partial charge on any atom is -0.465 e. The lowest BCUT2D eigenvalue weighted by atomic mass is 10.2. The third-order valence-electron chi connectivity index (χ3n) is 4.74. The van der Waals surface area contributed by atoms with E-state index in [0.717, 1.165) is 12.1 Å². The van der Waals surface area contributed by atoms with Crippen LogP contribution in [0.2, 0.25) is 0 Å². The molecule has 0 spiro atoms. The molecule has 0 radical (unpaired) electrons. The van der Waals surface area contributed by atoms with Gasteiger partial charge in [-0.2, -0.15) is 4.98 Å². The minimum atomic E-state index is -4.79. The molecule has 0 fully saturated rings. The van der Waals surface area contributed by atoms with Gasteiger partial charge in [0.05, 0.1) is 18.4 Å². The van der Waals surface area contributed by atoms with Crippen molar-refractivity contribution in [3.05, 3.63) is 72.4 Å². The maximum atomic E-state index is 12.6. The number of nitrogens with one attached hydrogen (secondary N) is 1. The van der Waals surface area contributed by atoms with E-state index < -0.39 is 18.2 Å². The van der Waals surface area contributed by atoms with Gasteiger partial charge in [-0.15, -0.1) is 13.2 Å².